The van der Waals surface area contributed by atoms with Crippen LogP contribution in [0.25, 0.3) is 0 Å². The molecule has 0 saturated carbocycles. The van der Waals surface area contributed by atoms with Crippen LogP contribution in [-0.4, -0.2) is 69.9 Å². The molecule has 1 aliphatic heterocycles. The van der Waals surface area contributed by atoms with E-state index in [-0.39, 0.29) is 0 Å². The van der Waals surface area contributed by atoms with Crippen LogP contribution < -0.4 is 0 Å². The molecule has 1 saturated heterocycles. The molecule has 0 amide bonds. The molecule has 90 valence electrons. The fourth-order valence-electron chi connectivity index (χ4n) is 1.28. The summed E-state index contributed by atoms with van der Waals surface area (Å²) in [5.74, 6) is -0.977. The topological polar surface area (TPSA) is 145 Å². The zero-order valence-corrected chi connectivity index (χ0v) is 8.28. The first-order valence-corrected chi connectivity index (χ1v) is 5.66. The minimum Gasteiger partial charge on any atom is -0.388 e. The molecule has 1 aliphatic rings. The molecule has 0 aromatic carbocycles. The first-order chi connectivity index (χ1) is 6.72. The van der Waals surface area contributed by atoms with Crippen LogP contribution in [0.15, 0.2) is 0 Å². The van der Waals surface area contributed by atoms with Crippen LogP contribution in [0.1, 0.15) is 0 Å². The highest BCUT2D eigenvalue weighted by Gasteiger charge is 2.44. The molecule has 0 aliphatic carbocycles. The molecule has 15 heavy (non-hydrogen) atoms. The third-order valence-electron chi connectivity index (χ3n) is 2.06. The Morgan fingerprint density at radius 3 is 2.00 bits per heavy atom. The van der Waals surface area contributed by atoms with Gasteiger partial charge in [0.25, 0.3) is 10.1 Å². The van der Waals surface area contributed by atoms with Gasteiger partial charge in [-0.05, 0) is 0 Å². The Hall–Kier alpha value is -0.290. The van der Waals surface area contributed by atoms with E-state index in [1.54, 1.807) is 0 Å². The summed E-state index contributed by atoms with van der Waals surface area (Å²) in [5, 5.41) is 36.5. The number of aliphatic hydroxyl groups excluding tert-OH is 4. The molecule has 0 aromatic heterocycles. The van der Waals surface area contributed by atoms with Crippen molar-refractivity contribution in [1.82, 2.24) is 0 Å². The maximum Gasteiger partial charge on any atom is 0.267 e. The molecule has 5 atom stereocenters. The van der Waals surface area contributed by atoms with Crippen molar-refractivity contribution in [3.05, 3.63) is 0 Å². The molecule has 1 fully saturated rings. The van der Waals surface area contributed by atoms with Crippen LogP contribution in [0, 0.1) is 0 Å². The third kappa shape index (κ3) is 3.08. The summed E-state index contributed by atoms with van der Waals surface area (Å²) >= 11 is 0. The molecule has 9 heteroatoms. The van der Waals surface area contributed by atoms with Crippen molar-refractivity contribution in [2.75, 3.05) is 5.75 Å². The van der Waals surface area contributed by atoms with Gasteiger partial charge < -0.3 is 25.2 Å². The Labute approximate surface area is 85.5 Å². The molecule has 0 bridgehead atoms. The van der Waals surface area contributed by atoms with E-state index in [4.69, 9.17) is 19.9 Å². The third-order valence-corrected chi connectivity index (χ3v) is 2.81. The SMILES string of the molecule is O=S(=O)(O)C[C@H]1O[C@@H](O)[C@H](O)[C@@H](O)[C@@H]1O. The molecule has 0 aromatic rings. The summed E-state index contributed by atoms with van der Waals surface area (Å²) < 4.78 is 34.0. The van der Waals surface area contributed by atoms with Gasteiger partial charge in [-0.1, -0.05) is 0 Å². The fourth-order valence-corrected chi connectivity index (χ4v) is 1.97. The monoisotopic (exact) mass is 244 g/mol. The average Bonchev–Trinajstić information content (AvgIpc) is 2.08. The van der Waals surface area contributed by atoms with Crippen molar-refractivity contribution in [2.24, 2.45) is 0 Å². The smallest absolute Gasteiger partial charge is 0.267 e. The lowest BCUT2D eigenvalue weighted by atomic mass is 10.0. The minimum absolute atomic E-state index is 0.977. The van der Waals surface area contributed by atoms with Crippen molar-refractivity contribution >= 4 is 10.1 Å². The molecule has 5 N–H and O–H groups in total. The zero-order chi connectivity index (χ0) is 11.8. The Morgan fingerprint density at radius 2 is 1.53 bits per heavy atom. The average molecular weight is 244 g/mol. The second-order valence-corrected chi connectivity index (χ2v) is 4.78. The number of ether oxygens (including phenoxy) is 1. The first kappa shape index (κ1) is 12.8. The predicted octanol–water partition coefficient (Wildman–Crippen LogP) is -3.33. The van der Waals surface area contributed by atoms with E-state index in [1.807, 2.05) is 0 Å². The van der Waals surface area contributed by atoms with Gasteiger partial charge in [-0.15, -0.1) is 0 Å². The maximum absolute atomic E-state index is 10.5. The van der Waals surface area contributed by atoms with Gasteiger partial charge in [-0.25, -0.2) is 0 Å². The Kier molecular flexibility index (Phi) is 3.66. The van der Waals surface area contributed by atoms with Gasteiger partial charge in [-0.3, -0.25) is 4.55 Å². The van der Waals surface area contributed by atoms with Crippen molar-refractivity contribution in [2.45, 2.75) is 30.7 Å². The van der Waals surface area contributed by atoms with Crippen molar-refractivity contribution in [1.29, 1.82) is 0 Å². The highest BCUT2D eigenvalue weighted by Crippen LogP contribution is 2.20. The van der Waals surface area contributed by atoms with Gasteiger partial charge in [0, 0.05) is 0 Å². The van der Waals surface area contributed by atoms with Crippen molar-refractivity contribution in [3.8, 4) is 0 Å². The van der Waals surface area contributed by atoms with E-state index in [0.29, 0.717) is 0 Å². The fraction of sp³-hybridized carbons (Fsp3) is 1.00. The van der Waals surface area contributed by atoms with E-state index in [0.717, 1.165) is 0 Å². The van der Waals surface area contributed by atoms with Crippen molar-refractivity contribution in [3.63, 3.8) is 0 Å². The number of rotatable bonds is 2. The molecular weight excluding hydrogens is 232 g/mol. The maximum atomic E-state index is 10.5. The highest BCUT2D eigenvalue weighted by molar-refractivity contribution is 7.85. The van der Waals surface area contributed by atoms with Gasteiger partial charge >= 0.3 is 0 Å². The highest BCUT2D eigenvalue weighted by atomic mass is 32.2. The lowest BCUT2D eigenvalue weighted by molar-refractivity contribution is -0.276. The van der Waals surface area contributed by atoms with E-state index in [1.165, 1.54) is 0 Å². The minimum atomic E-state index is -4.41. The number of hydrogen-bond donors (Lipinski definition) is 5. The standard InChI is InChI=1S/C6H12O8S/c7-3-2(1-15(11,12)13)14-6(10)5(9)4(3)8/h2-10H,1H2,(H,11,12,13)/t2-,3-,4+,5-,6-/m1/s1. The molecule has 0 spiro atoms. The Morgan fingerprint density at radius 1 is 1.00 bits per heavy atom. The summed E-state index contributed by atoms with van der Waals surface area (Å²) in [6, 6.07) is 0. The summed E-state index contributed by atoms with van der Waals surface area (Å²) in [6.07, 6.45) is -8.47. The largest absolute Gasteiger partial charge is 0.388 e. The van der Waals surface area contributed by atoms with Gasteiger partial charge in [0.2, 0.25) is 0 Å². The van der Waals surface area contributed by atoms with E-state index >= 15 is 0 Å². The second-order valence-electron chi connectivity index (χ2n) is 3.29. The molecule has 0 radical (unpaired) electrons. The summed E-state index contributed by atoms with van der Waals surface area (Å²) in [7, 11) is -4.41. The summed E-state index contributed by atoms with van der Waals surface area (Å²) in [4.78, 5) is 0. The zero-order valence-electron chi connectivity index (χ0n) is 7.46. The molecular formula is C6H12O8S. The van der Waals surface area contributed by atoms with Crippen LogP contribution in [0.4, 0.5) is 0 Å². The van der Waals surface area contributed by atoms with Crippen LogP contribution in [-0.2, 0) is 14.9 Å². The molecule has 1 heterocycles. The predicted molar refractivity (Wildman–Crippen MR) is 45.3 cm³/mol. The van der Waals surface area contributed by atoms with Gasteiger partial charge in [0.05, 0.1) is 0 Å². The first-order valence-electron chi connectivity index (χ1n) is 4.05. The van der Waals surface area contributed by atoms with Gasteiger partial charge in [0.1, 0.15) is 30.2 Å². The van der Waals surface area contributed by atoms with Crippen molar-refractivity contribution < 1.29 is 38.1 Å². The van der Waals surface area contributed by atoms with Crippen LogP contribution in [0.5, 0.6) is 0 Å². The quantitative estimate of drug-likeness (QED) is 0.317. The number of aliphatic hydroxyl groups is 4. The lowest BCUT2D eigenvalue weighted by Crippen LogP contribution is -2.59. The molecule has 0 unspecified atom stereocenters. The summed E-state index contributed by atoms with van der Waals surface area (Å²) in [5.41, 5.74) is 0. The second kappa shape index (κ2) is 4.29. The van der Waals surface area contributed by atoms with E-state index in [9.17, 15) is 13.5 Å². The lowest BCUT2D eigenvalue weighted by Gasteiger charge is -2.37. The number of hydrogen-bond acceptors (Lipinski definition) is 7. The van der Waals surface area contributed by atoms with E-state index in [2.05, 4.69) is 4.74 Å². The van der Waals surface area contributed by atoms with Crippen LogP contribution in [0.3, 0.4) is 0 Å². The van der Waals surface area contributed by atoms with Crippen LogP contribution in [0.2, 0.25) is 0 Å². The Balaban J connectivity index is 2.75. The summed E-state index contributed by atoms with van der Waals surface area (Å²) in [6.45, 7) is 0. The van der Waals surface area contributed by atoms with Gasteiger partial charge in [-0.2, -0.15) is 8.42 Å². The Bertz CT molecular complexity index is 313. The van der Waals surface area contributed by atoms with Gasteiger partial charge in [0.15, 0.2) is 6.29 Å². The normalized spacial score (nSPS) is 42.9. The van der Waals surface area contributed by atoms with Crippen LogP contribution >= 0.6 is 0 Å². The molecule has 1 rings (SSSR count). The molecule has 8 nitrogen and oxygen atoms in total. The van der Waals surface area contributed by atoms with E-state index < -0.39 is 46.6 Å².